The number of allylic oxidation sites excluding steroid dienone is 1. The van der Waals surface area contributed by atoms with Crippen molar-refractivity contribution in [3.8, 4) is 0 Å². The van der Waals surface area contributed by atoms with Crippen molar-refractivity contribution in [2.24, 2.45) is 5.73 Å². The van der Waals surface area contributed by atoms with E-state index in [2.05, 4.69) is 4.74 Å². The topological polar surface area (TPSA) is 69.4 Å². The Labute approximate surface area is 64.0 Å². The maximum atomic E-state index is 10.9. The molecule has 60 valence electrons. The SMILES string of the molecule is NC(=O)OC1CCC=CC1=O. The van der Waals surface area contributed by atoms with Crippen LogP contribution in [-0.2, 0) is 9.53 Å². The molecule has 4 nitrogen and oxygen atoms in total. The van der Waals surface area contributed by atoms with Crippen LogP contribution in [0.1, 0.15) is 12.8 Å². The summed E-state index contributed by atoms with van der Waals surface area (Å²) >= 11 is 0. The highest BCUT2D eigenvalue weighted by atomic mass is 16.6. The minimum Gasteiger partial charge on any atom is -0.438 e. The number of carbonyl (C=O) groups is 2. The molecule has 1 amide bonds. The predicted octanol–water partition coefficient (Wildman–Crippen LogP) is 0.369. The molecule has 2 N–H and O–H groups in total. The average Bonchev–Trinajstić information content (AvgIpc) is 1.93. The first kappa shape index (κ1) is 7.78. The molecule has 1 atom stereocenters. The van der Waals surface area contributed by atoms with Crippen molar-refractivity contribution in [1.29, 1.82) is 0 Å². The van der Waals surface area contributed by atoms with Crippen LogP contribution in [0.2, 0.25) is 0 Å². The minimum atomic E-state index is -0.890. The Morgan fingerprint density at radius 1 is 1.73 bits per heavy atom. The maximum Gasteiger partial charge on any atom is 0.405 e. The second kappa shape index (κ2) is 3.18. The van der Waals surface area contributed by atoms with Gasteiger partial charge in [0, 0.05) is 0 Å². The first-order valence-corrected chi connectivity index (χ1v) is 3.36. The van der Waals surface area contributed by atoms with Gasteiger partial charge in [-0.15, -0.1) is 0 Å². The van der Waals surface area contributed by atoms with Crippen LogP contribution in [0.4, 0.5) is 4.79 Å². The number of rotatable bonds is 1. The summed E-state index contributed by atoms with van der Waals surface area (Å²) in [6.45, 7) is 0. The summed E-state index contributed by atoms with van der Waals surface area (Å²) in [5.74, 6) is -0.185. The molecule has 1 rings (SSSR count). The fraction of sp³-hybridized carbons (Fsp3) is 0.429. The summed E-state index contributed by atoms with van der Waals surface area (Å²) < 4.78 is 4.54. The number of nitrogens with two attached hydrogens (primary N) is 1. The third-order valence-electron chi connectivity index (χ3n) is 1.45. The summed E-state index contributed by atoms with van der Waals surface area (Å²) in [7, 11) is 0. The van der Waals surface area contributed by atoms with E-state index in [0.29, 0.717) is 6.42 Å². The van der Waals surface area contributed by atoms with E-state index in [0.717, 1.165) is 6.42 Å². The van der Waals surface area contributed by atoms with Crippen LogP contribution < -0.4 is 5.73 Å². The van der Waals surface area contributed by atoms with Gasteiger partial charge in [-0.2, -0.15) is 0 Å². The van der Waals surface area contributed by atoms with Crippen molar-refractivity contribution < 1.29 is 14.3 Å². The molecular weight excluding hydrogens is 146 g/mol. The van der Waals surface area contributed by atoms with Gasteiger partial charge in [-0.3, -0.25) is 4.79 Å². The van der Waals surface area contributed by atoms with Gasteiger partial charge < -0.3 is 10.5 Å². The summed E-state index contributed by atoms with van der Waals surface area (Å²) in [6.07, 6.45) is 2.92. The van der Waals surface area contributed by atoms with Crippen LogP contribution in [0, 0.1) is 0 Å². The number of hydrogen-bond donors (Lipinski definition) is 1. The molecule has 0 saturated heterocycles. The Bertz CT molecular complexity index is 210. The highest BCUT2D eigenvalue weighted by Crippen LogP contribution is 2.10. The molecule has 1 unspecified atom stereocenters. The van der Waals surface area contributed by atoms with Crippen LogP contribution in [0.15, 0.2) is 12.2 Å². The van der Waals surface area contributed by atoms with E-state index >= 15 is 0 Å². The first-order chi connectivity index (χ1) is 5.20. The maximum absolute atomic E-state index is 10.9. The molecule has 0 heterocycles. The Morgan fingerprint density at radius 3 is 3.00 bits per heavy atom. The molecule has 0 aromatic rings. The number of amides is 1. The third kappa shape index (κ3) is 2.07. The Hall–Kier alpha value is -1.32. The molecule has 1 aliphatic carbocycles. The standard InChI is InChI=1S/C7H9NO3/c8-7(10)11-6-4-2-1-3-5(6)9/h1,3,6H,2,4H2,(H2,8,10). The average molecular weight is 155 g/mol. The normalized spacial score (nSPS) is 23.3. The van der Waals surface area contributed by atoms with Crippen molar-refractivity contribution in [3.05, 3.63) is 12.2 Å². The number of ether oxygens (including phenoxy) is 1. The lowest BCUT2D eigenvalue weighted by molar-refractivity contribution is -0.123. The molecular formula is C7H9NO3. The molecule has 0 saturated carbocycles. The Kier molecular flexibility index (Phi) is 2.25. The van der Waals surface area contributed by atoms with Gasteiger partial charge in [0.15, 0.2) is 11.9 Å². The zero-order valence-corrected chi connectivity index (χ0v) is 5.95. The molecule has 0 aromatic heterocycles. The lowest BCUT2D eigenvalue weighted by Crippen LogP contribution is -2.30. The van der Waals surface area contributed by atoms with E-state index in [1.165, 1.54) is 6.08 Å². The van der Waals surface area contributed by atoms with Gasteiger partial charge in [0.05, 0.1) is 0 Å². The van der Waals surface area contributed by atoms with E-state index in [1.54, 1.807) is 6.08 Å². The van der Waals surface area contributed by atoms with Crippen LogP contribution >= 0.6 is 0 Å². The van der Waals surface area contributed by atoms with Crippen molar-refractivity contribution in [2.45, 2.75) is 18.9 Å². The van der Waals surface area contributed by atoms with E-state index in [9.17, 15) is 9.59 Å². The van der Waals surface area contributed by atoms with Crippen molar-refractivity contribution >= 4 is 11.9 Å². The summed E-state index contributed by atoms with van der Waals surface area (Å²) in [5, 5.41) is 0. The molecule has 0 radical (unpaired) electrons. The number of primary amides is 1. The van der Waals surface area contributed by atoms with Crippen LogP contribution in [-0.4, -0.2) is 18.0 Å². The Balaban J connectivity index is 2.52. The number of carbonyl (C=O) groups excluding carboxylic acids is 2. The Morgan fingerprint density at radius 2 is 2.45 bits per heavy atom. The number of ketones is 1. The second-order valence-electron chi connectivity index (χ2n) is 2.31. The minimum absolute atomic E-state index is 0.185. The van der Waals surface area contributed by atoms with Crippen molar-refractivity contribution in [2.75, 3.05) is 0 Å². The third-order valence-corrected chi connectivity index (χ3v) is 1.45. The second-order valence-corrected chi connectivity index (χ2v) is 2.31. The molecule has 4 heteroatoms. The molecule has 0 spiro atoms. The van der Waals surface area contributed by atoms with Gasteiger partial charge in [0.2, 0.25) is 0 Å². The number of hydrogen-bond acceptors (Lipinski definition) is 3. The molecule has 0 fully saturated rings. The zero-order chi connectivity index (χ0) is 8.27. The smallest absolute Gasteiger partial charge is 0.405 e. The van der Waals surface area contributed by atoms with Gasteiger partial charge in [-0.25, -0.2) is 4.79 Å². The summed E-state index contributed by atoms with van der Waals surface area (Å²) in [5.41, 5.74) is 4.75. The highest BCUT2D eigenvalue weighted by Gasteiger charge is 2.21. The van der Waals surface area contributed by atoms with Crippen LogP contribution in [0.5, 0.6) is 0 Å². The van der Waals surface area contributed by atoms with Gasteiger partial charge in [0.25, 0.3) is 0 Å². The van der Waals surface area contributed by atoms with E-state index in [1.807, 2.05) is 0 Å². The van der Waals surface area contributed by atoms with Crippen molar-refractivity contribution in [1.82, 2.24) is 0 Å². The molecule has 0 aliphatic heterocycles. The van der Waals surface area contributed by atoms with Gasteiger partial charge in [0.1, 0.15) is 0 Å². The summed E-state index contributed by atoms with van der Waals surface area (Å²) in [4.78, 5) is 21.1. The van der Waals surface area contributed by atoms with Crippen molar-refractivity contribution in [3.63, 3.8) is 0 Å². The van der Waals surface area contributed by atoms with Crippen LogP contribution in [0.3, 0.4) is 0 Å². The van der Waals surface area contributed by atoms with E-state index in [-0.39, 0.29) is 5.78 Å². The largest absolute Gasteiger partial charge is 0.438 e. The fourth-order valence-electron chi connectivity index (χ4n) is 0.954. The molecule has 0 bridgehead atoms. The summed E-state index contributed by atoms with van der Waals surface area (Å²) in [6, 6.07) is 0. The van der Waals surface area contributed by atoms with Gasteiger partial charge >= 0.3 is 6.09 Å². The van der Waals surface area contributed by atoms with E-state index < -0.39 is 12.2 Å². The van der Waals surface area contributed by atoms with Gasteiger partial charge in [-0.1, -0.05) is 6.08 Å². The lowest BCUT2D eigenvalue weighted by atomic mass is 10.0. The van der Waals surface area contributed by atoms with E-state index in [4.69, 9.17) is 5.73 Å². The lowest BCUT2D eigenvalue weighted by Gasteiger charge is -2.15. The monoisotopic (exact) mass is 155 g/mol. The quantitative estimate of drug-likeness (QED) is 0.594. The fourth-order valence-corrected chi connectivity index (χ4v) is 0.954. The van der Waals surface area contributed by atoms with Crippen LogP contribution in [0.25, 0.3) is 0 Å². The highest BCUT2D eigenvalue weighted by molar-refractivity contribution is 5.95. The molecule has 0 aromatic carbocycles. The zero-order valence-electron chi connectivity index (χ0n) is 5.95. The molecule has 11 heavy (non-hydrogen) atoms. The first-order valence-electron chi connectivity index (χ1n) is 3.36. The molecule has 1 aliphatic rings. The predicted molar refractivity (Wildman–Crippen MR) is 37.8 cm³/mol. The van der Waals surface area contributed by atoms with Gasteiger partial charge in [-0.05, 0) is 18.9 Å².